The molecule has 1 amide bonds. The number of fused-ring (bicyclic) bond motifs is 1. The minimum atomic E-state index is -0.127. The van der Waals surface area contributed by atoms with Crippen LogP contribution in [-0.4, -0.2) is 22.5 Å². The van der Waals surface area contributed by atoms with E-state index in [0.29, 0.717) is 18.0 Å². The number of anilines is 1. The summed E-state index contributed by atoms with van der Waals surface area (Å²) in [5, 5.41) is 6.17. The number of hydrogen-bond donors (Lipinski definition) is 2. The highest BCUT2D eigenvalue weighted by Crippen LogP contribution is 2.30. The molecule has 2 heterocycles. The van der Waals surface area contributed by atoms with Gasteiger partial charge in [0.15, 0.2) is 6.61 Å². The third kappa shape index (κ3) is 3.17. The molecule has 0 saturated carbocycles. The maximum Gasteiger partial charge on any atom is 0.262 e. The average Bonchev–Trinajstić information content (AvgIpc) is 2.53. The van der Waals surface area contributed by atoms with E-state index in [4.69, 9.17) is 4.74 Å². The average molecular weight is 284 g/mol. The van der Waals surface area contributed by atoms with E-state index in [9.17, 15) is 4.79 Å². The van der Waals surface area contributed by atoms with Crippen LogP contribution < -0.4 is 15.4 Å². The molecular formula is C15H16N4O2. The Kier molecular flexibility index (Phi) is 3.79. The highest BCUT2D eigenvalue weighted by Gasteiger charge is 2.17. The summed E-state index contributed by atoms with van der Waals surface area (Å²) in [7, 11) is 0. The van der Waals surface area contributed by atoms with E-state index in [1.54, 1.807) is 18.5 Å². The van der Waals surface area contributed by atoms with Crippen molar-refractivity contribution in [3.8, 4) is 5.75 Å². The van der Waals surface area contributed by atoms with Crippen molar-refractivity contribution in [3.63, 3.8) is 0 Å². The Balaban J connectivity index is 1.69. The fourth-order valence-corrected chi connectivity index (χ4v) is 2.15. The van der Waals surface area contributed by atoms with Gasteiger partial charge in [0.1, 0.15) is 11.6 Å². The van der Waals surface area contributed by atoms with Crippen molar-refractivity contribution in [1.82, 2.24) is 15.3 Å². The second-order valence-corrected chi connectivity index (χ2v) is 4.86. The molecule has 0 radical (unpaired) electrons. The molecule has 1 aliphatic rings. The summed E-state index contributed by atoms with van der Waals surface area (Å²) >= 11 is 0. The van der Waals surface area contributed by atoms with Crippen molar-refractivity contribution in [1.29, 1.82) is 0 Å². The van der Waals surface area contributed by atoms with Gasteiger partial charge in [-0.2, -0.15) is 0 Å². The van der Waals surface area contributed by atoms with Crippen molar-refractivity contribution < 1.29 is 9.53 Å². The second-order valence-electron chi connectivity index (χ2n) is 4.86. The first kappa shape index (κ1) is 13.5. The lowest BCUT2D eigenvalue weighted by atomic mass is 10.1. The molecule has 3 rings (SSSR count). The highest BCUT2D eigenvalue weighted by molar-refractivity contribution is 5.95. The number of amides is 1. The number of carbonyl (C=O) groups excluding carboxylic acids is 1. The van der Waals surface area contributed by atoms with Gasteiger partial charge in [-0.25, -0.2) is 9.97 Å². The molecule has 0 bridgehead atoms. The minimum Gasteiger partial charge on any atom is -0.482 e. The van der Waals surface area contributed by atoms with Crippen LogP contribution in [0.3, 0.4) is 0 Å². The van der Waals surface area contributed by atoms with Crippen molar-refractivity contribution in [2.75, 3.05) is 11.9 Å². The van der Waals surface area contributed by atoms with Gasteiger partial charge in [-0.15, -0.1) is 0 Å². The molecule has 2 N–H and O–H groups in total. The molecular weight excluding hydrogens is 268 g/mol. The summed E-state index contributed by atoms with van der Waals surface area (Å²) in [5.74, 6) is 1.33. The Hall–Kier alpha value is -2.47. The monoisotopic (exact) mass is 284 g/mol. The van der Waals surface area contributed by atoms with Gasteiger partial charge in [0, 0.05) is 18.4 Å². The van der Waals surface area contributed by atoms with Gasteiger partial charge in [-0.05, 0) is 30.7 Å². The molecule has 1 atom stereocenters. The maximum atomic E-state index is 11.3. The van der Waals surface area contributed by atoms with Crippen LogP contribution in [0, 0.1) is 0 Å². The van der Waals surface area contributed by atoms with Gasteiger partial charge in [0.05, 0.1) is 12.2 Å². The van der Waals surface area contributed by atoms with E-state index < -0.39 is 0 Å². The Morgan fingerprint density at radius 2 is 2.19 bits per heavy atom. The Labute approximate surface area is 122 Å². The van der Waals surface area contributed by atoms with E-state index in [1.807, 2.05) is 18.2 Å². The first-order chi connectivity index (χ1) is 10.2. The topological polar surface area (TPSA) is 76.1 Å². The van der Waals surface area contributed by atoms with E-state index in [-0.39, 0.29) is 18.6 Å². The summed E-state index contributed by atoms with van der Waals surface area (Å²) in [6.45, 7) is 2.71. The van der Waals surface area contributed by atoms with Gasteiger partial charge in [0.25, 0.3) is 5.91 Å². The van der Waals surface area contributed by atoms with Gasteiger partial charge >= 0.3 is 0 Å². The number of benzene rings is 1. The molecule has 21 heavy (non-hydrogen) atoms. The van der Waals surface area contributed by atoms with E-state index >= 15 is 0 Å². The molecule has 0 spiro atoms. The number of ether oxygens (including phenoxy) is 1. The third-order valence-corrected chi connectivity index (χ3v) is 3.32. The number of aromatic nitrogens is 2. The third-order valence-electron chi connectivity index (χ3n) is 3.32. The standard InChI is InChI=1S/C15H16N4O2/c1-10(18-8-14-16-5-2-6-17-14)11-3-4-13-12(7-11)19-15(20)9-21-13/h2-7,10,18H,8-9H2,1H3,(H,19,20)/t10-/m1/s1. The Bertz CT molecular complexity index is 645. The lowest BCUT2D eigenvalue weighted by Gasteiger charge is -2.20. The van der Waals surface area contributed by atoms with Gasteiger partial charge < -0.3 is 15.4 Å². The van der Waals surface area contributed by atoms with Crippen LogP contribution in [0.1, 0.15) is 24.4 Å². The number of hydrogen-bond acceptors (Lipinski definition) is 5. The summed E-state index contributed by atoms with van der Waals surface area (Å²) in [6, 6.07) is 7.69. The number of nitrogens with one attached hydrogen (secondary N) is 2. The van der Waals surface area contributed by atoms with Crippen LogP contribution >= 0.6 is 0 Å². The summed E-state index contributed by atoms with van der Waals surface area (Å²) < 4.78 is 5.35. The molecule has 1 aliphatic heterocycles. The normalized spacial score (nSPS) is 14.8. The predicted molar refractivity (Wildman–Crippen MR) is 77.9 cm³/mol. The molecule has 1 aromatic carbocycles. The summed E-state index contributed by atoms with van der Waals surface area (Å²) in [5.41, 5.74) is 1.78. The number of rotatable bonds is 4. The number of nitrogens with zero attached hydrogens (tertiary/aromatic N) is 2. The van der Waals surface area contributed by atoms with E-state index in [0.717, 1.165) is 11.4 Å². The smallest absolute Gasteiger partial charge is 0.262 e. The van der Waals surface area contributed by atoms with Crippen molar-refractivity contribution in [3.05, 3.63) is 48.0 Å². The molecule has 6 heteroatoms. The van der Waals surface area contributed by atoms with E-state index in [2.05, 4.69) is 27.5 Å². The summed E-state index contributed by atoms with van der Waals surface area (Å²) in [6.07, 6.45) is 3.45. The van der Waals surface area contributed by atoms with Gasteiger partial charge in [0.2, 0.25) is 0 Å². The molecule has 1 aromatic heterocycles. The maximum absolute atomic E-state index is 11.3. The molecule has 2 aromatic rings. The predicted octanol–water partition coefficient (Wildman–Crippen LogP) is 1.66. The van der Waals surface area contributed by atoms with Crippen LogP contribution in [-0.2, 0) is 11.3 Å². The largest absolute Gasteiger partial charge is 0.482 e. The van der Waals surface area contributed by atoms with E-state index in [1.165, 1.54) is 0 Å². The fourth-order valence-electron chi connectivity index (χ4n) is 2.15. The molecule has 108 valence electrons. The number of carbonyl (C=O) groups is 1. The SMILES string of the molecule is C[C@@H](NCc1ncccn1)c1ccc2c(c1)NC(=O)CO2. The van der Waals surface area contributed by atoms with Crippen LogP contribution in [0.4, 0.5) is 5.69 Å². The summed E-state index contributed by atoms with van der Waals surface area (Å²) in [4.78, 5) is 19.7. The van der Waals surface area contributed by atoms with Crippen molar-refractivity contribution in [2.45, 2.75) is 19.5 Å². The molecule has 0 saturated heterocycles. The first-order valence-electron chi connectivity index (χ1n) is 6.78. The van der Waals surface area contributed by atoms with Gasteiger partial charge in [-0.1, -0.05) is 6.07 Å². The first-order valence-corrected chi connectivity index (χ1v) is 6.78. The zero-order chi connectivity index (χ0) is 14.7. The molecule has 0 fully saturated rings. The van der Waals surface area contributed by atoms with Crippen LogP contribution in [0.15, 0.2) is 36.7 Å². The molecule has 6 nitrogen and oxygen atoms in total. The highest BCUT2D eigenvalue weighted by atomic mass is 16.5. The Morgan fingerprint density at radius 1 is 1.38 bits per heavy atom. The Morgan fingerprint density at radius 3 is 3.00 bits per heavy atom. The molecule has 0 unspecified atom stereocenters. The fraction of sp³-hybridized carbons (Fsp3) is 0.267. The van der Waals surface area contributed by atoms with Crippen molar-refractivity contribution >= 4 is 11.6 Å². The van der Waals surface area contributed by atoms with Gasteiger partial charge in [-0.3, -0.25) is 4.79 Å². The second kappa shape index (κ2) is 5.88. The molecule has 0 aliphatic carbocycles. The van der Waals surface area contributed by atoms with Crippen LogP contribution in [0.5, 0.6) is 5.75 Å². The zero-order valence-corrected chi connectivity index (χ0v) is 11.7. The zero-order valence-electron chi connectivity index (χ0n) is 11.7. The quantitative estimate of drug-likeness (QED) is 0.893. The van der Waals surface area contributed by atoms with Crippen LogP contribution in [0.2, 0.25) is 0 Å². The minimum absolute atomic E-state index is 0.0749. The van der Waals surface area contributed by atoms with Crippen LogP contribution in [0.25, 0.3) is 0 Å². The lowest BCUT2D eigenvalue weighted by Crippen LogP contribution is -2.26. The van der Waals surface area contributed by atoms with Crippen molar-refractivity contribution in [2.24, 2.45) is 0 Å². The lowest BCUT2D eigenvalue weighted by molar-refractivity contribution is -0.118.